The van der Waals surface area contributed by atoms with Crippen molar-refractivity contribution in [3.63, 3.8) is 0 Å². The Morgan fingerprint density at radius 2 is 2.07 bits per heavy atom. The third-order valence-electron chi connectivity index (χ3n) is 2.65. The van der Waals surface area contributed by atoms with Crippen LogP contribution in [-0.2, 0) is 6.42 Å². The lowest BCUT2D eigenvalue weighted by molar-refractivity contribution is 1.06. The fraction of sp³-hybridized carbons (Fsp3) is 0.308. The molecule has 0 radical (unpaired) electrons. The van der Waals surface area contributed by atoms with Crippen LogP contribution in [0.15, 0.2) is 24.3 Å². The summed E-state index contributed by atoms with van der Waals surface area (Å²) in [6.45, 7) is 4.23. The summed E-state index contributed by atoms with van der Waals surface area (Å²) < 4.78 is 0. The Balaban J connectivity index is 2.75. The third kappa shape index (κ3) is 1.80. The van der Waals surface area contributed by atoms with Gasteiger partial charge in [0.25, 0.3) is 0 Å². The number of pyridine rings is 1. The SMILES string of the molecule is CCc1cc(NC)c2cc(C)ccc2n1. The average molecular weight is 200 g/mol. The molecule has 1 aromatic carbocycles. The monoisotopic (exact) mass is 200 g/mol. The molecule has 15 heavy (non-hydrogen) atoms. The molecule has 78 valence electrons. The Morgan fingerprint density at radius 1 is 1.27 bits per heavy atom. The molecule has 0 amide bonds. The molecule has 0 bridgehead atoms. The van der Waals surface area contributed by atoms with E-state index in [2.05, 4.69) is 48.4 Å². The first-order valence-corrected chi connectivity index (χ1v) is 5.32. The molecule has 1 heterocycles. The number of hydrogen-bond donors (Lipinski definition) is 1. The van der Waals surface area contributed by atoms with Crippen molar-refractivity contribution in [3.8, 4) is 0 Å². The maximum Gasteiger partial charge on any atom is 0.0726 e. The first-order chi connectivity index (χ1) is 7.24. The first-order valence-electron chi connectivity index (χ1n) is 5.32. The molecular formula is C13H16N2. The van der Waals surface area contributed by atoms with Crippen LogP contribution < -0.4 is 5.32 Å². The van der Waals surface area contributed by atoms with Crippen LogP contribution in [0.5, 0.6) is 0 Å². The van der Waals surface area contributed by atoms with E-state index in [-0.39, 0.29) is 0 Å². The molecule has 0 spiro atoms. The Bertz CT molecular complexity index is 489. The second-order valence-corrected chi connectivity index (χ2v) is 3.79. The third-order valence-corrected chi connectivity index (χ3v) is 2.65. The van der Waals surface area contributed by atoms with Crippen molar-refractivity contribution >= 4 is 16.6 Å². The highest BCUT2D eigenvalue weighted by Crippen LogP contribution is 2.24. The van der Waals surface area contributed by atoms with E-state index < -0.39 is 0 Å². The zero-order valence-electron chi connectivity index (χ0n) is 9.46. The van der Waals surface area contributed by atoms with Crippen LogP contribution in [0.25, 0.3) is 10.9 Å². The van der Waals surface area contributed by atoms with Gasteiger partial charge in [-0.25, -0.2) is 0 Å². The van der Waals surface area contributed by atoms with Crippen molar-refractivity contribution in [2.24, 2.45) is 0 Å². The number of rotatable bonds is 2. The molecule has 1 aromatic heterocycles. The number of hydrogen-bond acceptors (Lipinski definition) is 2. The summed E-state index contributed by atoms with van der Waals surface area (Å²) in [6.07, 6.45) is 0.971. The van der Waals surface area contributed by atoms with E-state index in [1.807, 2.05) is 7.05 Å². The summed E-state index contributed by atoms with van der Waals surface area (Å²) in [5.74, 6) is 0. The van der Waals surface area contributed by atoms with Gasteiger partial charge in [0.05, 0.1) is 5.52 Å². The molecule has 0 aliphatic carbocycles. The lowest BCUT2D eigenvalue weighted by atomic mass is 10.1. The van der Waals surface area contributed by atoms with Crippen LogP contribution in [0, 0.1) is 6.92 Å². The lowest BCUT2D eigenvalue weighted by Gasteiger charge is -2.08. The molecule has 0 aliphatic rings. The predicted molar refractivity (Wildman–Crippen MR) is 65.4 cm³/mol. The Hall–Kier alpha value is -1.57. The van der Waals surface area contributed by atoms with E-state index in [0.717, 1.165) is 17.6 Å². The highest BCUT2D eigenvalue weighted by atomic mass is 14.8. The fourth-order valence-corrected chi connectivity index (χ4v) is 1.78. The summed E-state index contributed by atoms with van der Waals surface area (Å²) in [4.78, 5) is 4.60. The van der Waals surface area contributed by atoms with Gasteiger partial charge >= 0.3 is 0 Å². The van der Waals surface area contributed by atoms with E-state index in [0.29, 0.717) is 0 Å². The fourth-order valence-electron chi connectivity index (χ4n) is 1.78. The quantitative estimate of drug-likeness (QED) is 0.805. The number of anilines is 1. The molecule has 2 heteroatoms. The summed E-state index contributed by atoms with van der Waals surface area (Å²) in [7, 11) is 1.95. The Morgan fingerprint density at radius 3 is 2.73 bits per heavy atom. The molecule has 0 atom stereocenters. The Labute approximate surface area is 90.3 Å². The van der Waals surface area contributed by atoms with E-state index in [4.69, 9.17) is 0 Å². The molecule has 2 rings (SSSR count). The summed E-state index contributed by atoms with van der Waals surface area (Å²) in [6, 6.07) is 8.49. The molecular weight excluding hydrogens is 184 g/mol. The van der Waals surface area contributed by atoms with Crippen LogP contribution in [0.2, 0.25) is 0 Å². The van der Waals surface area contributed by atoms with Gasteiger partial charge in [0.1, 0.15) is 0 Å². The van der Waals surface area contributed by atoms with E-state index in [1.54, 1.807) is 0 Å². The first kappa shape index (κ1) is 9.97. The maximum absolute atomic E-state index is 4.60. The maximum atomic E-state index is 4.60. The van der Waals surface area contributed by atoms with Gasteiger partial charge in [-0.05, 0) is 31.5 Å². The van der Waals surface area contributed by atoms with Crippen LogP contribution in [0.4, 0.5) is 5.69 Å². The second-order valence-electron chi connectivity index (χ2n) is 3.79. The topological polar surface area (TPSA) is 24.9 Å². The normalized spacial score (nSPS) is 10.6. The number of aryl methyl sites for hydroxylation is 2. The van der Waals surface area contributed by atoms with Gasteiger partial charge < -0.3 is 5.32 Å². The molecule has 0 saturated carbocycles. The van der Waals surface area contributed by atoms with Crippen molar-refractivity contribution in [2.75, 3.05) is 12.4 Å². The number of nitrogens with one attached hydrogen (secondary N) is 1. The van der Waals surface area contributed by atoms with E-state index >= 15 is 0 Å². The molecule has 1 N–H and O–H groups in total. The highest BCUT2D eigenvalue weighted by Gasteiger charge is 2.03. The molecule has 0 unspecified atom stereocenters. The zero-order chi connectivity index (χ0) is 10.8. The molecule has 0 saturated heterocycles. The van der Waals surface area contributed by atoms with Crippen molar-refractivity contribution in [1.82, 2.24) is 4.98 Å². The minimum Gasteiger partial charge on any atom is -0.388 e. The van der Waals surface area contributed by atoms with Crippen molar-refractivity contribution in [1.29, 1.82) is 0 Å². The average Bonchev–Trinajstić information content (AvgIpc) is 2.27. The summed E-state index contributed by atoms with van der Waals surface area (Å²) >= 11 is 0. The Kier molecular flexibility index (Phi) is 2.58. The summed E-state index contributed by atoms with van der Waals surface area (Å²) in [5.41, 5.74) is 4.64. The van der Waals surface area contributed by atoms with Gasteiger partial charge in [-0.2, -0.15) is 0 Å². The van der Waals surface area contributed by atoms with Crippen molar-refractivity contribution < 1.29 is 0 Å². The largest absolute Gasteiger partial charge is 0.388 e. The van der Waals surface area contributed by atoms with Gasteiger partial charge in [-0.3, -0.25) is 4.98 Å². The number of fused-ring (bicyclic) bond motifs is 1. The van der Waals surface area contributed by atoms with Crippen LogP contribution in [0.1, 0.15) is 18.2 Å². The van der Waals surface area contributed by atoms with Gasteiger partial charge in [0.15, 0.2) is 0 Å². The van der Waals surface area contributed by atoms with Crippen molar-refractivity contribution in [3.05, 3.63) is 35.5 Å². The van der Waals surface area contributed by atoms with Gasteiger partial charge in [-0.15, -0.1) is 0 Å². The standard InChI is InChI=1S/C13H16N2/c1-4-10-8-13(14-3)11-7-9(2)5-6-12(11)15-10/h5-8H,4H2,1-3H3,(H,14,15). The summed E-state index contributed by atoms with van der Waals surface area (Å²) in [5, 5.41) is 4.44. The predicted octanol–water partition coefficient (Wildman–Crippen LogP) is 3.15. The minimum absolute atomic E-state index is 0.971. The van der Waals surface area contributed by atoms with Crippen LogP contribution in [0.3, 0.4) is 0 Å². The zero-order valence-corrected chi connectivity index (χ0v) is 9.46. The van der Waals surface area contributed by atoms with Gasteiger partial charge in [0, 0.05) is 23.8 Å². The van der Waals surface area contributed by atoms with Crippen molar-refractivity contribution in [2.45, 2.75) is 20.3 Å². The molecule has 0 fully saturated rings. The van der Waals surface area contributed by atoms with Gasteiger partial charge in [-0.1, -0.05) is 18.6 Å². The minimum atomic E-state index is 0.971. The lowest BCUT2D eigenvalue weighted by Crippen LogP contribution is -1.95. The molecule has 0 aliphatic heterocycles. The number of benzene rings is 1. The molecule has 2 nitrogen and oxygen atoms in total. The van der Waals surface area contributed by atoms with E-state index in [1.165, 1.54) is 16.6 Å². The van der Waals surface area contributed by atoms with Crippen LogP contribution in [-0.4, -0.2) is 12.0 Å². The number of aromatic nitrogens is 1. The highest BCUT2D eigenvalue weighted by molar-refractivity contribution is 5.91. The molecule has 2 aromatic rings. The van der Waals surface area contributed by atoms with Crippen LogP contribution >= 0.6 is 0 Å². The van der Waals surface area contributed by atoms with Gasteiger partial charge in [0.2, 0.25) is 0 Å². The number of nitrogens with zero attached hydrogens (tertiary/aromatic N) is 1. The van der Waals surface area contributed by atoms with E-state index in [9.17, 15) is 0 Å². The smallest absolute Gasteiger partial charge is 0.0726 e. The second kappa shape index (κ2) is 3.89.